The number of nitrogens with one attached hydrogen (secondary N) is 1. The quantitative estimate of drug-likeness (QED) is 0.689. The molecule has 1 fully saturated rings. The fraction of sp³-hybridized carbons (Fsp3) is 0.350. The van der Waals surface area contributed by atoms with Crippen LogP contribution in [-0.2, 0) is 11.3 Å². The standard InChI is InChI=1S/C20H22ClN5O2/c1-15(28-26-19-13-17(21)7-8-18(19)22-23-26)20(27)25-11-9-24(10-12-25)14-16-5-3-2-4-6-16/h2-8,13,15H,9-12,14H2,1H3/p+1/t15-/m0/s1. The van der Waals surface area contributed by atoms with Crippen LogP contribution < -0.4 is 9.74 Å². The minimum absolute atomic E-state index is 0.0376. The largest absolute Gasteiger partial charge is 0.382 e. The maximum atomic E-state index is 12.8. The molecular weight excluding hydrogens is 378 g/mol. The van der Waals surface area contributed by atoms with Crippen molar-refractivity contribution in [1.29, 1.82) is 0 Å². The first-order valence-electron chi connectivity index (χ1n) is 9.44. The normalized spacial score (nSPS) is 16.3. The van der Waals surface area contributed by atoms with Crippen molar-refractivity contribution in [3.8, 4) is 0 Å². The molecule has 0 bridgehead atoms. The number of rotatable bonds is 5. The molecule has 1 aromatic heterocycles. The smallest absolute Gasteiger partial charge is 0.266 e. The number of nitrogens with zero attached hydrogens (tertiary/aromatic N) is 4. The van der Waals surface area contributed by atoms with E-state index in [0.717, 1.165) is 32.7 Å². The van der Waals surface area contributed by atoms with Crippen molar-refractivity contribution in [1.82, 2.24) is 20.1 Å². The highest BCUT2D eigenvalue weighted by Crippen LogP contribution is 2.16. The molecule has 1 N–H and O–H groups in total. The van der Waals surface area contributed by atoms with Gasteiger partial charge in [-0.15, -0.1) is 5.10 Å². The molecule has 1 aliphatic rings. The summed E-state index contributed by atoms with van der Waals surface area (Å²) in [6.07, 6.45) is -0.653. The lowest BCUT2D eigenvalue weighted by Gasteiger charge is -2.33. The van der Waals surface area contributed by atoms with Gasteiger partial charge in [-0.1, -0.05) is 46.8 Å². The zero-order valence-corrected chi connectivity index (χ0v) is 16.5. The number of benzene rings is 2. The number of amides is 1. The number of hydrogen-bond acceptors (Lipinski definition) is 4. The second-order valence-electron chi connectivity index (χ2n) is 7.08. The molecule has 8 heteroatoms. The number of hydrogen-bond donors (Lipinski definition) is 1. The van der Waals surface area contributed by atoms with Gasteiger partial charge in [-0.25, -0.2) is 0 Å². The molecule has 1 aliphatic heterocycles. The summed E-state index contributed by atoms with van der Waals surface area (Å²) in [5.41, 5.74) is 2.64. The third kappa shape index (κ3) is 4.10. The number of fused-ring (bicyclic) bond motifs is 1. The number of halogens is 1. The van der Waals surface area contributed by atoms with Crippen LogP contribution in [0.3, 0.4) is 0 Å². The first-order valence-corrected chi connectivity index (χ1v) is 9.82. The van der Waals surface area contributed by atoms with E-state index >= 15 is 0 Å². The summed E-state index contributed by atoms with van der Waals surface area (Å²) in [6, 6.07) is 15.7. The third-order valence-corrected chi connectivity index (χ3v) is 5.30. The molecule has 1 saturated heterocycles. The fourth-order valence-corrected chi connectivity index (χ4v) is 3.67. The zero-order chi connectivity index (χ0) is 19.5. The molecule has 0 saturated carbocycles. The highest BCUT2D eigenvalue weighted by molar-refractivity contribution is 6.31. The Hall–Kier alpha value is -2.64. The van der Waals surface area contributed by atoms with E-state index in [1.807, 2.05) is 11.0 Å². The van der Waals surface area contributed by atoms with Crippen molar-refractivity contribution in [3.63, 3.8) is 0 Å². The topological polar surface area (TPSA) is 64.7 Å². The van der Waals surface area contributed by atoms with Crippen LogP contribution in [0.25, 0.3) is 11.0 Å². The van der Waals surface area contributed by atoms with Gasteiger partial charge in [-0.2, -0.15) is 0 Å². The fourth-order valence-electron chi connectivity index (χ4n) is 3.51. The highest BCUT2D eigenvalue weighted by atomic mass is 35.5. The molecule has 4 rings (SSSR count). The number of carbonyl (C=O) groups excluding carboxylic acids is 1. The van der Waals surface area contributed by atoms with Gasteiger partial charge in [0.05, 0.1) is 26.2 Å². The Morgan fingerprint density at radius 2 is 1.96 bits per heavy atom. The van der Waals surface area contributed by atoms with Gasteiger partial charge in [0, 0.05) is 10.6 Å². The van der Waals surface area contributed by atoms with Gasteiger partial charge in [0.1, 0.15) is 17.6 Å². The van der Waals surface area contributed by atoms with Crippen LogP contribution in [0.15, 0.2) is 48.5 Å². The van der Waals surface area contributed by atoms with Crippen molar-refractivity contribution in [2.24, 2.45) is 0 Å². The molecule has 7 nitrogen and oxygen atoms in total. The molecule has 0 aliphatic carbocycles. The second kappa shape index (κ2) is 8.16. The summed E-state index contributed by atoms with van der Waals surface area (Å²) in [4.78, 5) is 23.2. The molecule has 2 aromatic carbocycles. The van der Waals surface area contributed by atoms with Crippen LogP contribution in [0.1, 0.15) is 12.5 Å². The summed E-state index contributed by atoms with van der Waals surface area (Å²) in [5, 5.41) is 8.58. The van der Waals surface area contributed by atoms with E-state index in [9.17, 15) is 4.79 Å². The predicted octanol–water partition coefficient (Wildman–Crippen LogP) is 0.829. The molecular formula is C20H23ClN5O2+. The lowest BCUT2D eigenvalue weighted by atomic mass is 10.2. The molecule has 3 aromatic rings. The van der Waals surface area contributed by atoms with Crippen molar-refractivity contribution in [2.75, 3.05) is 26.2 Å². The number of aromatic nitrogens is 3. The summed E-state index contributed by atoms with van der Waals surface area (Å²) >= 11 is 6.04. The lowest BCUT2D eigenvalue weighted by molar-refractivity contribution is -0.917. The van der Waals surface area contributed by atoms with Crippen LogP contribution in [0.2, 0.25) is 5.02 Å². The van der Waals surface area contributed by atoms with Crippen molar-refractivity contribution in [2.45, 2.75) is 19.6 Å². The minimum Gasteiger partial charge on any atom is -0.382 e. The first-order chi connectivity index (χ1) is 13.6. The molecule has 0 unspecified atom stereocenters. The molecule has 28 heavy (non-hydrogen) atoms. The van der Waals surface area contributed by atoms with Crippen LogP contribution in [0.4, 0.5) is 0 Å². The van der Waals surface area contributed by atoms with Gasteiger partial charge in [0.2, 0.25) is 6.10 Å². The van der Waals surface area contributed by atoms with Gasteiger partial charge >= 0.3 is 0 Å². The van der Waals surface area contributed by atoms with Gasteiger partial charge in [0.15, 0.2) is 0 Å². The Kier molecular flexibility index (Phi) is 5.45. The van der Waals surface area contributed by atoms with E-state index in [2.05, 4.69) is 34.6 Å². The Morgan fingerprint density at radius 3 is 2.71 bits per heavy atom. The predicted molar refractivity (Wildman–Crippen MR) is 106 cm³/mol. The summed E-state index contributed by atoms with van der Waals surface area (Å²) in [7, 11) is 0. The lowest BCUT2D eigenvalue weighted by Crippen LogP contribution is -3.13. The number of carbonyl (C=O) groups is 1. The van der Waals surface area contributed by atoms with Gasteiger partial charge in [0.25, 0.3) is 5.91 Å². The summed E-state index contributed by atoms with van der Waals surface area (Å²) in [6.45, 7) is 6.02. The molecule has 146 valence electrons. The van der Waals surface area contributed by atoms with Gasteiger partial charge < -0.3 is 14.6 Å². The third-order valence-electron chi connectivity index (χ3n) is 5.06. The zero-order valence-electron chi connectivity index (χ0n) is 15.7. The monoisotopic (exact) mass is 400 g/mol. The van der Waals surface area contributed by atoms with Crippen LogP contribution >= 0.6 is 11.6 Å². The van der Waals surface area contributed by atoms with E-state index in [4.69, 9.17) is 16.4 Å². The Labute approximate surface area is 168 Å². The maximum absolute atomic E-state index is 12.8. The maximum Gasteiger partial charge on any atom is 0.266 e. The molecule has 1 amide bonds. The van der Waals surface area contributed by atoms with Crippen LogP contribution in [-0.4, -0.2) is 58.2 Å². The highest BCUT2D eigenvalue weighted by Gasteiger charge is 2.28. The molecule has 0 radical (unpaired) electrons. The van der Waals surface area contributed by atoms with Gasteiger partial charge in [-0.05, 0) is 30.3 Å². The number of piperazine rings is 1. The van der Waals surface area contributed by atoms with Crippen molar-refractivity contribution < 1.29 is 14.5 Å². The number of quaternary nitrogens is 1. The molecule has 0 spiro atoms. The van der Waals surface area contributed by atoms with E-state index in [0.29, 0.717) is 16.1 Å². The van der Waals surface area contributed by atoms with Crippen molar-refractivity contribution >= 4 is 28.5 Å². The Morgan fingerprint density at radius 1 is 1.21 bits per heavy atom. The molecule has 2 heterocycles. The SMILES string of the molecule is C[C@H](On1nnc2ccc(Cl)cc21)C(=O)N1CC[NH+](Cc2ccccc2)CC1. The molecule has 1 atom stereocenters. The van der Waals surface area contributed by atoms with Gasteiger partial charge in [-0.3, -0.25) is 4.79 Å². The van der Waals surface area contributed by atoms with Crippen LogP contribution in [0.5, 0.6) is 0 Å². The Balaban J connectivity index is 1.33. The Bertz CT molecular complexity index is 954. The summed E-state index contributed by atoms with van der Waals surface area (Å²) in [5.74, 6) is -0.0376. The van der Waals surface area contributed by atoms with E-state index < -0.39 is 6.10 Å². The van der Waals surface area contributed by atoms with E-state index in [1.165, 1.54) is 15.3 Å². The van der Waals surface area contributed by atoms with Crippen LogP contribution in [0, 0.1) is 0 Å². The minimum atomic E-state index is -0.653. The average molecular weight is 401 g/mol. The average Bonchev–Trinajstić information content (AvgIpc) is 3.10. The van der Waals surface area contributed by atoms with Crippen molar-refractivity contribution in [3.05, 3.63) is 59.1 Å². The van der Waals surface area contributed by atoms with E-state index in [-0.39, 0.29) is 5.91 Å². The van der Waals surface area contributed by atoms with E-state index in [1.54, 1.807) is 25.1 Å². The second-order valence-corrected chi connectivity index (χ2v) is 7.52. The summed E-state index contributed by atoms with van der Waals surface area (Å²) < 4.78 is 0. The first kappa shape index (κ1) is 18.7.